The smallest absolute Gasteiger partial charge is 0.317 e. The maximum atomic E-state index is 12.3. The van der Waals surface area contributed by atoms with E-state index in [1.807, 2.05) is 27.7 Å². The van der Waals surface area contributed by atoms with Gasteiger partial charge in [-0.1, -0.05) is 6.07 Å². The number of nitrogens with one attached hydrogen (secondary N) is 1. The minimum Gasteiger partial charge on any atom is -0.334 e. The monoisotopic (exact) mass is 343 g/mol. The van der Waals surface area contributed by atoms with Crippen molar-refractivity contribution in [2.45, 2.75) is 25.4 Å². The van der Waals surface area contributed by atoms with Gasteiger partial charge in [0, 0.05) is 25.7 Å². The number of hydrogen-bond acceptors (Lipinski definition) is 6. The van der Waals surface area contributed by atoms with Crippen LogP contribution in [0.1, 0.15) is 24.4 Å². The second-order valence-electron chi connectivity index (χ2n) is 5.87. The van der Waals surface area contributed by atoms with Crippen molar-refractivity contribution in [1.82, 2.24) is 33.7 Å². The van der Waals surface area contributed by atoms with E-state index in [0.29, 0.717) is 12.6 Å². The van der Waals surface area contributed by atoms with Crippen molar-refractivity contribution in [2.75, 3.05) is 13.1 Å². The third kappa shape index (κ3) is 3.07. The van der Waals surface area contributed by atoms with Gasteiger partial charge in [0.1, 0.15) is 23.7 Å². The van der Waals surface area contributed by atoms with Gasteiger partial charge in [-0.3, -0.25) is 0 Å². The number of rotatable bonds is 3. The third-order valence-corrected chi connectivity index (χ3v) is 4.93. The van der Waals surface area contributed by atoms with Crippen LogP contribution in [0.4, 0.5) is 4.79 Å². The number of likely N-dealkylation sites (tertiary alicyclic amines) is 1. The molecule has 2 aromatic heterocycles. The largest absolute Gasteiger partial charge is 0.334 e. The number of nitrogens with zero attached hydrogens (tertiary/aromatic N) is 6. The highest BCUT2D eigenvalue weighted by atomic mass is 32.1. The molecule has 0 unspecified atom stereocenters. The van der Waals surface area contributed by atoms with Crippen molar-refractivity contribution in [3.63, 3.8) is 0 Å². The molecular weight excluding hydrogens is 326 g/mol. The lowest BCUT2D eigenvalue weighted by Crippen LogP contribution is -2.44. The SMILES string of the molecule is O=C(NCc1ccc2nsnc2c1)N1CCC(n2cnnc2)CC1. The molecule has 1 saturated heterocycles. The molecule has 2 amide bonds. The number of carbonyl (C=O) groups is 1. The Balaban J connectivity index is 1.30. The van der Waals surface area contributed by atoms with Crippen molar-refractivity contribution in [2.24, 2.45) is 0 Å². The normalized spacial score (nSPS) is 15.8. The highest BCUT2D eigenvalue weighted by Gasteiger charge is 2.23. The summed E-state index contributed by atoms with van der Waals surface area (Å²) in [6.07, 6.45) is 5.32. The highest BCUT2D eigenvalue weighted by molar-refractivity contribution is 7.00. The number of carbonyl (C=O) groups excluding carboxylic acids is 1. The molecule has 124 valence electrons. The summed E-state index contributed by atoms with van der Waals surface area (Å²) in [6.45, 7) is 1.98. The van der Waals surface area contributed by atoms with Crippen LogP contribution < -0.4 is 5.32 Å². The second kappa shape index (κ2) is 6.52. The summed E-state index contributed by atoms with van der Waals surface area (Å²) in [4.78, 5) is 14.2. The Hall–Kier alpha value is -2.55. The van der Waals surface area contributed by atoms with Gasteiger partial charge in [-0.2, -0.15) is 8.75 Å². The number of hydrogen-bond donors (Lipinski definition) is 1. The molecule has 3 aromatic rings. The van der Waals surface area contributed by atoms with Crippen LogP contribution in [0.2, 0.25) is 0 Å². The standard InChI is InChI=1S/C15H17N7OS/c23-15(16-8-11-1-2-13-14(7-11)20-24-19-13)21-5-3-12(4-6-21)22-9-17-18-10-22/h1-2,7,9-10,12H,3-6,8H2,(H,16,23). The van der Waals surface area contributed by atoms with Crippen LogP contribution in [-0.4, -0.2) is 47.5 Å². The number of urea groups is 1. The van der Waals surface area contributed by atoms with E-state index in [9.17, 15) is 4.79 Å². The summed E-state index contributed by atoms with van der Waals surface area (Å²) < 4.78 is 10.4. The molecule has 3 heterocycles. The molecule has 0 bridgehead atoms. The fraction of sp³-hybridized carbons (Fsp3) is 0.400. The average Bonchev–Trinajstić information content (AvgIpc) is 3.31. The van der Waals surface area contributed by atoms with E-state index < -0.39 is 0 Å². The quantitative estimate of drug-likeness (QED) is 0.784. The Labute approximate surface area is 142 Å². The van der Waals surface area contributed by atoms with Crippen molar-refractivity contribution in [3.05, 3.63) is 36.4 Å². The van der Waals surface area contributed by atoms with Gasteiger partial charge in [0.25, 0.3) is 0 Å². The zero-order valence-corrected chi connectivity index (χ0v) is 13.8. The molecule has 0 spiro atoms. The summed E-state index contributed by atoms with van der Waals surface area (Å²) in [5.74, 6) is 0. The molecule has 1 aromatic carbocycles. The fourth-order valence-electron chi connectivity index (χ4n) is 2.99. The van der Waals surface area contributed by atoms with E-state index in [0.717, 1.165) is 42.5 Å². The van der Waals surface area contributed by atoms with Crippen LogP contribution in [-0.2, 0) is 6.54 Å². The number of fused-ring (bicyclic) bond motifs is 1. The molecule has 4 rings (SSSR count). The number of aromatic nitrogens is 5. The number of piperidine rings is 1. The average molecular weight is 343 g/mol. The van der Waals surface area contributed by atoms with Crippen LogP contribution in [0.25, 0.3) is 11.0 Å². The molecule has 0 radical (unpaired) electrons. The first-order valence-corrected chi connectivity index (χ1v) is 8.61. The maximum absolute atomic E-state index is 12.3. The van der Waals surface area contributed by atoms with Crippen molar-refractivity contribution in [1.29, 1.82) is 0 Å². The van der Waals surface area contributed by atoms with Gasteiger partial charge in [0.05, 0.1) is 11.7 Å². The van der Waals surface area contributed by atoms with Gasteiger partial charge in [-0.05, 0) is 30.5 Å². The minimum absolute atomic E-state index is 0.0197. The van der Waals surface area contributed by atoms with Crippen LogP contribution in [0, 0.1) is 0 Å². The molecule has 9 heteroatoms. The first kappa shape index (κ1) is 15.0. The van der Waals surface area contributed by atoms with Gasteiger partial charge in [0.15, 0.2) is 0 Å². The first-order valence-electron chi connectivity index (χ1n) is 7.88. The van der Waals surface area contributed by atoms with Crippen LogP contribution >= 0.6 is 11.7 Å². The summed E-state index contributed by atoms with van der Waals surface area (Å²) in [5, 5.41) is 10.7. The van der Waals surface area contributed by atoms with E-state index in [2.05, 4.69) is 24.3 Å². The first-order chi connectivity index (χ1) is 11.8. The van der Waals surface area contributed by atoms with E-state index in [1.165, 1.54) is 11.7 Å². The molecule has 0 aliphatic carbocycles. The Kier molecular flexibility index (Phi) is 4.08. The maximum Gasteiger partial charge on any atom is 0.317 e. The molecular formula is C15H17N7OS. The lowest BCUT2D eigenvalue weighted by Gasteiger charge is -2.32. The lowest BCUT2D eigenvalue weighted by atomic mass is 10.1. The van der Waals surface area contributed by atoms with E-state index in [-0.39, 0.29) is 6.03 Å². The number of amides is 2. The molecule has 24 heavy (non-hydrogen) atoms. The molecule has 1 aliphatic rings. The van der Waals surface area contributed by atoms with Crippen molar-refractivity contribution >= 4 is 28.8 Å². The van der Waals surface area contributed by atoms with Gasteiger partial charge >= 0.3 is 6.03 Å². The van der Waals surface area contributed by atoms with E-state index >= 15 is 0 Å². The molecule has 1 aliphatic heterocycles. The van der Waals surface area contributed by atoms with Gasteiger partial charge in [0.2, 0.25) is 0 Å². The number of benzene rings is 1. The zero-order chi connectivity index (χ0) is 16.4. The molecule has 0 atom stereocenters. The topological polar surface area (TPSA) is 88.8 Å². The molecule has 8 nitrogen and oxygen atoms in total. The van der Waals surface area contributed by atoms with E-state index in [4.69, 9.17) is 0 Å². The second-order valence-corrected chi connectivity index (χ2v) is 6.40. The Morgan fingerprint density at radius 1 is 1.17 bits per heavy atom. The summed E-state index contributed by atoms with van der Waals surface area (Å²) in [6, 6.07) is 6.24. The summed E-state index contributed by atoms with van der Waals surface area (Å²) in [5.41, 5.74) is 2.80. The zero-order valence-electron chi connectivity index (χ0n) is 13.0. The van der Waals surface area contributed by atoms with Gasteiger partial charge in [-0.15, -0.1) is 10.2 Å². The summed E-state index contributed by atoms with van der Waals surface area (Å²) >= 11 is 1.20. The van der Waals surface area contributed by atoms with E-state index in [1.54, 1.807) is 12.7 Å². The minimum atomic E-state index is -0.0197. The highest BCUT2D eigenvalue weighted by Crippen LogP contribution is 2.21. The molecule has 1 N–H and O–H groups in total. The van der Waals surface area contributed by atoms with Crippen LogP contribution in [0.15, 0.2) is 30.9 Å². The Morgan fingerprint density at radius 3 is 2.71 bits per heavy atom. The lowest BCUT2D eigenvalue weighted by molar-refractivity contribution is 0.171. The van der Waals surface area contributed by atoms with Crippen molar-refractivity contribution < 1.29 is 4.79 Å². The molecule has 1 fully saturated rings. The summed E-state index contributed by atoms with van der Waals surface area (Å²) in [7, 11) is 0. The van der Waals surface area contributed by atoms with Crippen molar-refractivity contribution in [3.8, 4) is 0 Å². The van der Waals surface area contributed by atoms with Crippen LogP contribution in [0.3, 0.4) is 0 Å². The van der Waals surface area contributed by atoms with Crippen LogP contribution in [0.5, 0.6) is 0 Å². The Morgan fingerprint density at radius 2 is 1.92 bits per heavy atom. The van der Waals surface area contributed by atoms with Gasteiger partial charge in [-0.25, -0.2) is 4.79 Å². The predicted molar refractivity (Wildman–Crippen MR) is 89.5 cm³/mol. The van der Waals surface area contributed by atoms with Gasteiger partial charge < -0.3 is 14.8 Å². The fourth-order valence-corrected chi connectivity index (χ4v) is 3.51. The Bertz CT molecular complexity index is 823. The predicted octanol–water partition coefficient (Wildman–Crippen LogP) is 1.83. The third-order valence-electron chi connectivity index (χ3n) is 4.37. The molecule has 0 saturated carbocycles.